The van der Waals surface area contributed by atoms with Gasteiger partial charge in [-0.2, -0.15) is 0 Å². The number of thioether (sulfide) groups is 1. The second kappa shape index (κ2) is 12.8. The van der Waals surface area contributed by atoms with Crippen molar-refractivity contribution in [3.8, 4) is 0 Å². The molecule has 0 saturated heterocycles. The van der Waals surface area contributed by atoms with E-state index in [2.05, 4.69) is 45.5 Å². The van der Waals surface area contributed by atoms with Crippen molar-refractivity contribution < 1.29 is 9.59 Å². The zero-order valence-corrected chi connectivity index (χ0v) is 20.3. The maximum atomic E-state index is 13.1. The summed E-state index contributed by atoms with van der Waals surface area (Å²) in [5.41, 5.74) is 2.34. The van der Waals surface area contributed by atoms with Crippen LogP contribution in [0.5, 0.6) is 0 Å². The maximum Gasteiger partial charge on any atom is 0.242 e. The van der Waals surface area contributed by atoms with Crippen LogP contribution in [0.15, 0.2) is 59.1 Å². The molecule has 2 aromatic carbocycles. The zero-order chi connectivity index (χ0) is 21.9. The molecular weight excluding hydrogens is 460 g/mol. The summed E-state index contributed by atoms with van der Waals surface area (Å²) < 4.78 is 1.04. The largest absolute Gasteiger partial charge is 0.352 e. The van der Waals surface area contributed by atoms with Gasteiger partial charge in [-0.15, -0.1) is 11.8 Å². The first-order valence-electron chi connectivity index (χ1n) is 10.4. The molecule has 0 aliphatic rings. The summed E-state index contributed by atoms with van der Waals surface area (Å²) >= 11 is 5.03. The number of hydrogen-bond donors (Lipinski definition) is 1. The summed E-state index contributed by atoms with van der Waals surface area (Å²) in [5, 5.41) is 2.97. The van der Waals surface area contributed by atoms with E-state index in [1.807, 2.05) is 51.1 Å². The van der Waals surface area contributed by atoms with Gasteiger partial charge in [-0.3, -0.25) is 9.59 Å². The van der Waals surface area contributed by atoms with Crippen LogP contribution in [0.4, 0.5) is 0 Å². The highest BCUT2D eigenvalue weighted by Gasteiger charge is 2.28. The molecule has 0 radical (unpaired) electrons. The number of amides is 2. The van der Waals surface area contributed by atoms with Gasteiger partial charge in [0.05, 0.1) is 5.75 Å². The minimum Gasteiger partial charge on any atom is -0.352 e. The predicted molar refractivity (Wildman–Crippen MR) is 130 cm³/mol. The summed E-state index contributed by atoms with van der Waals surface area (Å²) in [6.45, 7) is 6.37. The van der Waals surface area contributed by atoms with Gasteiger partial charge in [-0.25, -0.2) is 0 Å². The van der Waals surface area contributed by atoms with E-state index in [0.29, 0.717) is 18.7 Å². The molecule has 4 nitrogen and oxygen atoms in total. The van der Waals surface area contributed by atoms with Crippen LogP contribution in [0.1, 0.15) is 38.3 Å². The number of benzene rings is 2. The van der Waals surface area contributed by atoms with Crippen molar-refractivity contribution >= 4 is 39.5 Å². The molecule has 0 fully saturated rings. The number of nitrogens with zero attached hydrogens (tertiary/aromatic N) is 1. The third kappa shape index (κ3) is 8.15. The van der Waals surface area contributed by atoms with Gasteiger partial charge in [-0.05, 0) is 49.9 Å². The number of carbonyl (C=O) groups is 2. The van der Waals surface area contributed by atoms with E-state index in [4.69, 9.17) is 0 Å². The lowest BCUT2D eigenvalue weighted by Crippen LogP contribution is -2.51. The monoisotopic (exact) mass is 490 g/mol. The van der Waals surface area contributed by atoms with Gasteiger partial charge in [0, 0.05) is 22.8 Å². The average Bonchev–Trinajstić information content (AvgIpc) is 2.72. The lowest BCUT2D eigenvalue weighted by molar-refractivity contribution is -0.139. The Morgan fingerprint density at radius 3 is 2.30 bits per heavy atom. The highest BCUT2D eigenvalue weighted by Crippen LogP contribution is 2.18. The summed E-state index contributed by atoms with van der Waals surface area (Å²) in [6, 6.07) is 17.8. The number of rotatable bonds is 11. The minimum atomic E-state index is -0.447. The van der Waals surface area contributed by atoms with Crippen LogP contribution in [0.25, 0.3) is 0 Å². The molecule has 2 aromatic rings. The molecule has 2 amide bonds. The Morgan fingerprint density at radius 2 is 1.70 bits per heavy atom. The zero-order valence-electron chi connectivity index (χ0n) is 17.9. The lowest BCUT2D eigenvalue weighted by atomic mass is 10.1. The summed E-state index contributed by atoms with van der Waals surface area (Å²) in [5.74, 6) is 1.06. The van der Waals surface area contributed by atoms with Crippen molar-refractivity contribution in [2.75, 3.05) is 12.3 Å². The van der Waals surface area contributed by atoms with E-state index in [1.165, 1.54) is 5.56 Å². The number of carbonyl (C=O) groups excluding carboxylic acids is 2. The highest BCUT2D eigenvalue weighted by atomic mass is 79.9. The van der Waals surface area contributed by atoms with Crippen molar-refractivity contribution in [3.05, 3.63) is 70.2 Å². The SMILES string of the molecule is CC[C@H](C(=O)NC(C)C)N(CCc1ccccc1)C(=O)CSCc1ccc(Br)cc1. The highest BCUT2D eigenvalue weighted by molar-refractivity contribution is 9.10. The van der Waals surface area contributed by atoms with E-state index in [1.54, 1.807) is 16.7 Å². The third-order valence-corrected chi connectivity index (χ3v) is 6.23. The summed E-state index contributed by atoms with van der Waals surface area (Å²) in [4.78, 5) is 27.6. The first kappa shape index (κ1) is 24.5. The second-order valence-corrected chi connectivity index (χ2v) is 9.43. The van der Waals surface area contributed by atoms with E-state index >= 15 is 0 Å². The maximum absolute atomic E-state index is 13.1. The fourth-order valence-corrected chi connectivity index (χ4v) is 4.33. The quantitative estimate of drug-likeness (QED) is 0.478. The normalized spacial score (nSPS) is 11.9. The van der Waals surface area contributed by atoms with Crippen molar-refractivity contribution in [2.24, 2.45) is 0 Å². The van der Waals surface area contributed by atoms with Gasteiger partial charge < -0.3 is 10.2 Å². The van der Waals surface area contributed by atoms with Gasteiger partial charge >= 0.3 is 0 Å². The molecule has 0 aliphatic carbocycles. The molecule has 2 rings (SSSR count). The standard InChI is InChI=1S/C24H31BrN2O2S/c1-4-22(24(29)26-18(2)3)27(15-14-19-8-6-5-7-9-19)23(28)17-30-16-20-10-12-21(25)13-11-20/h5-13,18,22H,4,14-17H2,1-3H3,(H,26,29)/t22-/m1/s1. The van der Waals surface area contributed by atoms with E-state index in [-0.39, 0.29) is 17.9 Å². The van der Waals surface area contributed by atoms with Crippen LogP contribution >= 0.6 is 27.7 Å². The Kier molecular flexibility index (Phi) is 10.4. The Hall–Kier alpha value is -1.79. The molecule has 6 heteroatoms. The second-order valence-electron chi connectivity index (χ2n) is 7.53. The molecule has 0 aromatic heterocycles. The number of halogens is 1. The molecule has 0 spiro atoms. The van der Waals surface area contributed by atoms with Gasteiger partial charge in [0.15, 0.2) is 0 Å². The van der Waals surface area contributed by atoms with Gasteiger partial charge in [0.2, 0.25) is 11.8 Å². The van der Waals surface area contributed by atoms with Crippen molar-refractivity contribution in [1.29, 1.82) is 0 Å². The molecule has 0 unspecified atom stereocenters. The number of hydrogen-bond acceptors (Lipinski definition) is 3. The average molecular weight is 491 g/mol. The lowest BCUT2D eigenvalue weighted by Gasteiger charge is -2.31. The van der Waals surface area contributed by atoms with Crippen LogP contribution in [-0.2, 0) is 21.8 Å². The van der Waals surface area contributed by atoms with Gasteiger partial charge in [0.1, 0.15) is 6.04 Å². The Balaban J connectivity index is 2.04. The molecule has 0 aliphatic heterocycles. The molecule has 0 bridgehead atoms. The van der Waals surface area contributed by atoms with E-state index in [9.17, 15) is 9.59 Å². The van der Waals surface area contributed by atoms with Crippen LogP contribution in [0.2, 0.25) is 0 Å². The molecule has 1 N–H and O–H groups in total. The molecular formula is C24H31BrN2O2S. The minimum absolute atomic E-state index is 0.0128. The molecule has 30 heavy (non-hydrogen) atoms. The fourth-order valence-electron chi connectivity index (χ4n) is 3.20. The molecule has 1 atom stereocenters. The van der Waals surface area contributed by atoms with Crippen LogP contribution in [0, 0.1) is 0 Å². The summed E-state index contributed by atoms with van der Waals surface area (Å²) in [7, 11) is 0. The first-order chi connectivity index (χ1) is 14.4. The Bertz CT molecular complexity index is 797. The Labute approximate surface area is 192 Å². The van der Waals surface area contributed by atoms with E-state index < -0.39 is 6.04 Å². The van der Waals surface area contributed by atoms with Crippen molar-refractivity contribution in [2.45, 2.75) is 51.4 Å². The van der Waals surface area contributed by atoms with Gasteiger partial charge in [-0.1, -0.05) is 65.3 Å². The van der Waals surface area contributed by atoms with Gasteiger partial charge in [0.25, 0.3) is 0 Å². The number of nitrogens with one attached hydrogen (secondary N) is 1. The van der Waals surface area contributed by atoms with Crippen LogP contribution in [0.3, 0.4) is 0 Å². The van der Waals surface area contributed by atoms with E-state index in [0.717, 1.165) is 22.2 Å². The Morgan fingerprint density at radius 1 is 1.03 bits per heavy atom. The molecule has 162 valence electrons. The third-order valence-electron chi connectivity index (χ3n) is 4.71. The predicted octanol–water partition coefficient (Wildman–Crippen LogP) is 5.06. The van der Waals surface area contributed by atoms with Crippen molar-refractivity contribution in [1.82, 2.24) is 10.2 Å². The van der Waals surface area contributed by atoms with Crippen LogP contribution < -0.4 is 5.32 Å². The first-order valence-corrected chi connectivity index (χ1v) is 12.3. The fraction of sp³-hybridized carbons (Fsp3) is 0.417. The molecule has 0 heterocycles. The molecule has 0 saturated carbocycles. The smallest absolute Gasteiger partial charge is 0.242 e. The summed E-state index contributed by atoms with van der Waals surface area (Å²) in [6.07, 6.45) is 1.33. The topological polar surface area (TPSA) is 49.4 Å². The van der Waals surface area contributed by atoms with Crippen LogP contribution in [-0.4, -0.2) is 41.1 Å². The van der Waals surface area contributed by atoms with Crippen molar-refractivity contribution in [3.63, 3.8) is 0 Å².